The molecule has 2 unspecified atom stereocenters. The van der Waals surface area contributed by atoms with Gasteiger partial charge in [0.15, 0.2) is 0 Å². The van der Waals surface area contributed by atoms with Gasteiger partial charge in [0.25, 0.3) is 0 Å². The van der Waals surface area contributed by atoms with Gasteiger partial charge in [-0.1, -0.05) is 32.9 Å². The van der Waals surface area contributed by atoms with Crippen molar-refractivity contribution < 1.29 is 14.3 Å². The van der Waals surface area contributed by atoms with E-state index in [9.17, 15) is 9.59 Å². The molecule has 6 nitrogen and oxygen atoms in total. The molecule has 0 saturated heterocycles. The topological polar surface area (TPSA) is 79.8 Å². The summed E-state index contributed by atoms with van der Waals surface area (Å²) in [6.45, 7) is 6.12. The average Bonchev–Trinajstić information content (AvgIpc) is 3.06. The molecule has 1 saturated carbocycles. The summed E-state index contributed by atoms with van der Waals surface area (Å²) in [6, 6.07) is 7.37. The van der Waals surface area contributed by atoms with Gasteiger partial charge < -0.3 is 4.74 Å². The van der Waals surface area contributed by atoms with E-state index in [-0.39, 0.29) is 23.3 Å². The molecule has 3 rings (SSSR count). The van der Waals surface area contributed by atoms with Crippen LogP contribution in [0, 0.1) is 11.3 Å². The first-order valence-corrected chi connectivity index (χ1v) is 7.79. The van der Waals surface area contributed by atoms with Gasteiger partial charge in [0.05, 0.1) is 5.71 Å². The number of hydrogen-bond acceptors (Lipinski definition) is 4. The normalized spacial score (nSPS) is 25.2. The Kier molecular flexibility index (Phi) is 3.83. The van der Waals surface area contributed by atoms with Crippen molar-refractivity contribution in [3.05, 3.63) is 29.8 Å². The first kappa shape index (κ1) is 15.5. The summed E-state index contributed by atoms with van der Waals surface area (Å²) in [4.78, 5) is 23.1. The quantitative estimate of drug-likeness (QED) is 0.900. The maximum Gasteiger partial charge on any atom is 0.411 e. The maximum atomic E-state index is 11.8. The molecule has 0 spiro atoms. The minimum absolute atomic E-state index is 0.00262. The Labute approximate surface area is 135 Å². The van der Waals surface area contributed by atoms with E-state index in [1.165, 1.54) is 0 Å². The van der Waals surface area contributed by atoms with Crippen LogP contribution in [-0.4, -0.2) is 23.8 Å². The maximum absolute atomic E-state index is 11.8. The number of nitrogens with zero attached hydrogens (tertiary/aromatic N) is 1. The number of benzene rings is 1. The van der Waals surface area contributed by atoms with Crippen molar-refractivity contribution in [1.82, 2.24) is 5.43 Å². The minimum Gasteiger partial charge on any atom is -0.445 e. The predicted molar refractivity (Wildman–Crippen MR) is 87.2 cm³/mol. The number of ether oxygens (including phenoxy) is 1. The van der Waals surface area contributed by atoms with Crippen LogP contribution < -0.4 is 10.7 Å². The molecule has 2 N–H and O–H groups in total. The van der Waals surface area contributed by atoms with Gasteiger partial charge in [0.1, 0.15) is 6.10 Å². The highest BCUT2D eigenvalue weighted by Crippen LogP contribution is 2.47. The van der Waals surface area contributed by atoms with E-state index in [4.69, 9.17) is 4.74 Å². The van der Waals surface area contributed by atoms with E-state index in [0.717, 1.165) is 17.7 Å². The molecule has 1 aromatic carbocycles. The summed E-state index contributed by atoms with van der Waals surface area (Å²) >= 11 is 0. The average molecular weight is 315 g/mol. The van der Waals surface area contributed by atoms with Crippen molar-refractivity contribution in [3.63, 3.8) is 0 Å². The molecule has 1 heterocycles. The number of anilines is 1. The lowest BCUT2D eigenvalue weighted by Gasteiger charge is -2.19. The van der Waals surface area contributed by atoms with Gasteiger partial charge in [-0.25, -0.2) is 10.2 Å². The van der Waals surface area contributed by atoms with Crippen LogP contribution in [0.1, 0.15) is 39.2 Å². The van der Waals surface area contributed by atoms with E-state index in [0.29, 0.717) is 12.1 Å². The lowest BCUT2D eigenvalue weighted by Crippen LogP contribution is -2.31. The molecule has 1 fully saturated rings. The van der Waals surface area contributed by atoms with Gasteiger partial charge in [-0.2, -0.15) is 5.10 Å². The standard InChI is InChI=1S/C17H21N3O3/c1-10-8-14(21)19-20-15(10)11-4-6-12(7-5-11)18-16(22)23-13-9-17(13,2)3/h4-7,10,13H,8-9H2,1-3H3,(H,18,22)(H,19,21). The van der Waals surface area contributed by atoms with E-state index >= 15 is 0 Å². The summed E-state index contributed by atoms with van der Waals surface area (Å²) in [5.41, 5.74) is 5.05. The van der Waals surface area contributed by atoms with Crippen LogP contribution in [0.5, 0.6) is 0 Å². The van der Waals surface area contributed by atoms with Crippen molar-refractivity contribution in [2.45, 2.75) is 39.7 Å². The molecule has 2 aliphatic rings. The number of amides is 2. The molecular weight excluding hydrogens is 294 g/mol. The highest BCUT2D eigenvalue weighted by atomic mass is 16.6. The van der Waals surface area contributed by atoms with Gasteiger partial charge >= 0.3 is 6.09 Å². The number of hydrazone groups is 1. The second-order valence-electron chi connectivity index (χ2n) is 6.93. The fourth-order valence-electron chi connectivity index (χ4n) is 2.62. The minimum atomic E-state index is -0.427. The molecule has 1 aliphatic heterocycles. The molecule has 122 valence electrons. The van der Waals surface area contributed by atoms with Gasteiger partial charge in [-0.3, -0.25) is 10.1 Å². The molecule has 2 amide bonds. The summed E-state index contributed by atoms with van der Waals surface area (Å²) in [5, 5.41) is 6.85. The lowest BCUT2D eigenvalue weighted by molar-refractivity contribution is -0.121. The molecule has 0 radical (unpaired) electrons. The molecule has 0 bridgehead atoms. The van der Waals surface area contributed by atoms with Crippen LogP contribution in [0.3, 0.4) is 0 Å². The third kappa shape index (κ3) is 3.52. The highest BCUT2D eigenvalue weighted by Gasteiger charge is 2.49. The number of nitrogens with one attached hydrogen (secondary N) is 2. The van der Waals surface area contributed by atoms with Crippen LogP contribution in [-0.2, 0) is 9.53 Å². The van der Waals surface area contributed by atoms with Crippen molar-refractivity contribution in [2.24, 2.45) is 16.4 Å². The van der Waals surface area contributed by atoms with Crippen molar-refractivity contribution in [1.29, 1.82) is 0 Å². The zero-order valence-corrected chi connectivity index (χ0v) is 13.6. The predicted octanol–water partition coefficient (Wildman–Crippen LogP) is 2.89. The van der Waals surface area contributed by atoms with Crippen molar-refractivity contribution in [2.75, 3.05) is 5.32 Å². The fraction of sp³-hybridized carbons (Fsp3) is 0.471. The highest BCUT2D eigenvalue weighted by molar-refractivity contribution is 6.06. The molecule has 0 aromatic heterocycles. The van der Waals surface area contributed by atoms with Crippen molar-refractivity contribution in [3.8, 4) is 0 Å². The van der Waals surface area contributed by atoms with Crippen LogP contribution in [0.15, 0.2) is 29.4 Å². The van der Waals surface area contributed by atoms with Gasteiger partial charge in [-0.15, -0.1) is 0 Å². The Morgan fingerprint density at radius 2 is 2.00 bits per heavy atom. The lowest BCUT2D eigenvalue weighted by atomic mass is 9.94. The van der Waals surface area contributed by atoms with Crippen LogP contribution >= 0.6 is 0 Å². The summed E-state index contributed by atoms with van der Waals surface area (Å²) < 4.78 is 5.33. The molecule has 1 aliphatic carbocycles. The van der Waals surface area contributed by atoms with Crippen LogP contribution in [0.4, 0.5) is 10.5 Å². The van der Waals surface area contributed by atoms with Gasteiger partial charge in [0, 0.05) is 23.4 Å². The molecule has 2 atom stereocenters. The molecular formula is C17H21N3O3. The third-order valence-electron chi connectivity index (χ3n) is 4.36. The second-order valence-corrected chi connectivity index (χ2v) is 6.93. The number of rotatable bonds is 3. The second kappa shape index (κ2) is 5.68. The Balaban J connectivity index is 1.61. The monoisotopic (exact) mass is 315 g/mol. The van der Waals surface area contributed by atoms with Gasteiger partial charge in [0.2, 0.25) is 5.91 Å². The third-order valence-corrected chi connectivity index (χ3v) is 4.36. The van der Waals surface area contributed by atoms with E-state index in [1.54, 1.807) is 12.1 Å². The van der Waals surface area contributed by atoms with E-state index < -0.39 is 6.09 Å². The Hall–Kier alpha value is -2.37. The fourth-order valence-corrected chi connectivity index (χ4v) is 2.62. The van der Waals surface area contributed by atoms with Crippen LogP contribution in [0.2, 0.25) is 0 Å². The smallest absolute Gasteiger partial charge is 0.411 e. The Bertz CT molecular complexity index is 664. The largest absolute Gasteiger partial charge is 0.445 e. The number of carbonyl (C=O) groups excluding carboxylic acids is 2. The van der Waals surface area contributed by atoms with E-state index in [1.807, 2.05) is 19.1 Å². The van der Waals surface area contributed by atoms with Gasteiger partial charge in [-0.05, 0) is 24.1 Å². The summed E-state index contributed by atoms with van der Waals surface area (Å²) in [5.74, 6) is 0.00917. The van der Waals surface area contributed by atoms with Crippen LogP contribution in [0.25, 0.3) is 0 Å². The SMILES string of the molecule is CC1CC(=O)NN=C1c1ccc(NC(=O)OC2CC2(C)C)cc1. The molecule has 6 heteroatoms. The molecule has 23 heavy (non-hydrogen) atoms. The van der Waals surface area contributed by atoms with Crippen molar-refractivity contribution >= 4 is 23.4 Å². The first-order chi connectivity index (χ1) is 10.8. The molecule has 1 aromatic rings. The van der Waals surface area contributed by atoms with E-state index in [2.05, 4.69) is 29.7 Å². The Morgan fingerprint density at radius 3 is 2.57 bits per heavy atom. The zero-order valence-electron chi connectivity index (χ0n) is 13.6. The summed E-state index contributed by atoms with van der Waals surface area (Å²) in [6.07, 6.45) is 0.914. The Morgan fingerprint density at radius 1 is 1.35 bits per heavy atom. The number of carbonyl (C=O) groups is 2. The zero-order chi connectivity index (χ0) is 16.6. The first-order valence-electron chi connectivity index (χ1n) is 7.79. The number of hydrogen-bond donors (Lipinski definition) is 2. The summed E-state index contributed by atoms with van der Waals surface area (Å²) in [7, 11) is 0.